The summed E-state index contributed by atoms with van der Waals surface area (Å²) in [5.41, 5.74) is 0.453. The second kappa shape index (κ2) is 7.16. The molecule has 1 heterocycles. The number of halogens is 1. The number of hydrogen-bond acceptors (Lipinski definition) is 3. The fourth-order valence-corrected chi connectivity index (χ4v) is 3.97. The number of amides is 1. The zero-order chi connectivity index (χ0) is 18.1. The van der Waals surface area contributed by atoms with Crippen molar-refractivity contribution in [2.45, 2.75) is 45.6 Å². The molecular formula is C19H24ClN3O2. The van der Waals surface area contributed by atoms with Crippen LogP contribution in [-0.2, 0) is 11.8 Å². The van der Waals surface area contributed by atoms with E-state index in [9.17, 15) is 9.59 Å². The van der Waals surface area contributed by atoms with Crippen LogP contribution in [0.25, 0.3) is 10.9 Å². The van der Waals surface area contributed by atoms with E-state index in [4.69, 9.17) is 11.6 Å². The lowest BCUT2D eigenvalue weighted by Gasteiger charge is -2.31. The Morgan fingerprint density at radius 1 is 1.40 bits per heavy atom. The Hall–Kier alpha value is -1.88. The lowest BCUT2D eigenvalue weighted by atomic mass is 10.1. The molecule has 0 spiro atoms. The standard InChI is InChI=1S/C19H24ClN3O2/c1-4-23(18(24)13-7-5-6-8-13)12(2)17-21-16-11-14(20)9-10-15(16)19(25)22(17)3/h9-13H,4-8H2,1-3H3. The topological polar surface area (TPSA) is 55.2 Å². The molecule has 1 atom stereocenters. The zero-order valence-electron chi connectivity index (χ0n) is 15.0. The van der Waals surface area contributed by atoms with Gasteiger partial charge in [0.25, 0.3) is 5.56 Å². The summed E-state index contributed by atoms with van der Waals surface area (Å²) >= 11 is 6.06. The van der Waals surface area contributed by atoms with E-state index in [1.807, 2.05) is 18.7 Å². The fraction of sp³-hybridized carbons (Fsp3) is 0.526. The van der Waals surface area contributed by atoms with E-state index in [2.05, 4.69) is 4.98 Å². The minimum Gasteiger partial charge on any atom is -0.333 e. The molecule has 0 saturated heterocycles. The molecule has 134 valence electrons. The van der Waals surface area contributed by atoms with Crippen LogP contribution < -0.4 is 5.56 Å². The van der Waals surface area contributed by atoms with E-state index in [1.54, 1.807) is 29.8 Å². The minimum absolute atomic E-state index is 0.106. The van der Waals surface area contributed by atoms with Crippen molar-refractivity contribution in [2.75, 3.05) is 6.54 Å². The Bertz CT molecular complexity index is 856. The van der Waals surface area contributed by atoms with Gasteiger partial charge in [0, 0.05) is 24.5 Å². The van der Waals surface area contributed by atoms with Crippen LogP contribution in [0.3, 0.4) is 0 Å². The van der Waals surface area contributed by atoms with E-state index in [0.717, 1.165) is 25.7 Å². The third-order valence-corrected chi connectivity index (χ3v) is 5.48. The number of aromatic nitrogens is 2. The number of hydrogen-bond donors (Lipinski definition) is 0. The molecule has 0 radical (unpaired) electrons. The van der Waals surface area contributed by atoms with Crippen molar-refractivity contribution in [1.82, 2.24) is 14.5 Å². The molecule has 1 aliphatic carbocycles. The van der Waals surface area contributed by atoms with Crippen LogP contribution in [0.5, 0.6) is 0 Å². The molecule has 25 heavy (non-hydrogen) atoms. The quantitative estimate of drug-likeness (QED) is 0.834. The molecule has 5 nitrogen and oxygen atoms in total. The van der Waals surface area contributed by atoms with Gasteiger partial charge in [-0.05, 0) is 44.9 Å². The second-order valence-electron chi connectivity index (χ2n) is 6.78. The molecule has 1 aromatic carbocycles. The molecule has 1 aromatic heterocycles. The Morgan fingerprint density at radius 2 is 2.08 bits per heavy atom. The van der Waals surface area contributed by atoms with Gasteiger partial charge in [-0.2, -0.15) is 0 Å². The van der Waals surface area contributed by atoms with Gasteiger partial charge in [-0.1, -0.05) is 24.4 Å². The molecule has 1 unspecified atom stereocenters. The van der Waals surface area contributed by atoms with Crippen molar-refractivity contribution in [3.63, 3.8) is 0 Å². The third kappa shape index (κ3) is 3.30. The molecule has 1 saturated carbocycles. The molecule has 1 amide bonds. The van der Waals surface area contributed by atoms with Gasteiger partial charge >= 0.3 is 0 Å². The normalized spacial score (nSPS) is 16.3. The summed E-state index contributed by atoms with van der Waals surface area (Å²) in [5, 5.41) is 1.08. The second-order valence-corrected chi connectivity index (χ2v) is 7.21. The van der Waals surface area contributed by atoms with Crippen LogP contribution in [0.1, 0.15) is 51.4 Å². The Balaban J connectivity index is 2.02. The molecular weight excluding hydrogens is 338 g/mol. The van der Waals surface area contributed by atoms with Crippen LogP contribution in [0, 0.1) is 5.92 Å². The fourth-order valence-electron chi connectivity index (χ4n) is 3.80. The van der Waals surface area contributed by atoms with Gasteiger partial charge in [0.05, 0.1) is 16.9 Å². The summed E-state index contributed by atoms with van der Waals surface area (Å²) in [6.07, 6.45) is 4.16. The number of benzene rings is 1. The number of nitrogens with zero attached hydrogens (tertiary/aromatic N) is 3. The van der Waals surface area contributed by atoms with Crippen molar-refractivity contribution < 1.29 is 4.79 Å². The molecule has 1 aliphatic rings. The molecule has 6 heteroatoms. The molecule has 3 rings (SSSR count). The molecule has 1 fully saturated rings. The summed E-state index contributed by atoms with van der Waals surface area (Å²) in [6, 6.07) is 4.82. The van der Waals surface area contributed by atoms with Gasteiger partial charge in [-0.15, -0.1) is 0 Å². The summed E-state index contributed by atoms with van der Waals surface area (Å²) < 4.78 is 1.55. The summed E-state index contributed by atoms with van der Waals surface area (Å²) in [5.74, 6) is 0.871. The van der Waals surface area contributed by atoms with Crippen molar-refractivity contribution in [1.29, 1.82) is 0 Å². The minimum atomic E-state index is -0.265. The van der Waals surface area contributed by atoms with Crippen molar-refractivity contribution >= 4 is 28.4 Å². The number of carbonyl (C=O) groups excluding carboxylic acids is 1. The van der Waals surface area contributed by atoms with E-state index in [-0.39, 0.29) is 23.4 Å². The highest BCUT2D eigenvalue weighted by Crippen LogP contribution is 2.30. The smallest absolute Gasteiger partial charge is 0.261 e. The van der Waals surface area contributed by atoms with Crippen molar-refractivity contribution in [3.05, 3.63) is 39.4 Å². The van der Waals surface area contributed by atoms with Crippen molar-refractivity contribution in [2.24, 2.45) is 13.0 Å². The average Bonchev–Trinajstić information content (AvgIpc) is 3.13. The maximum atomic E-state index is 12.9. The first-order valence-corrected chi connectivity index (χ1v) is 9.28. The Morgan fingerprint density at radius 3 is 2.72 bits per heavy atom. The number of fused-ring (bicyclic) bond motifs is 1. The van der Waals surface area contributed by atoms with Crippen LogP contribution in [0.4, 0.5) is 0 Å². The highest BCUT2D eigenvalue weighted by atomic mass is 35.5. The predicted octanol–water partition coefficient (Wildman–Crippen LogP) is 3.69. The van der Waals surface area contributed by atoms with Crippen LogP contribution in [0.2, 0.25) is 5.02 Å². The predicted molar refractivity (Wildman–Crippen MR) is 99.8 cm³/mol. The maximum absolute atomic E-state index is 12.9. The third-order valence-electron chi connectivity index (χ3n) is 5.24. The SMILES string of the molecule is CCN(C(=O)C1CCCC1)C(C)c1nc2cc(Cl)ccc2c(=O)n1C. The average molecular weight is 362 g/mol. The van der Waals surface area contributed by atoms with Gasteiger partial charge in [0.2, 0.25) is 5.91 Å². The van der Waals surface area contributed by atoms with Gasteiger partial charge in [0.15, 0.2) is 0 Å². The zero-order valence-corrected chi connectivity index (χ0v) is 15.7. The highest BCUT2D eigenvalue weighted by molar-refractivity contribution is 6.31. The maximum Gasteiger partial charge on any atom is 0.261 e. The van der Waals surface area contributed by atoms with Crippen LogP contribution in [-0.4, -0.2) is 26.9 Å². The molecule has 0 bridgehead atoms. The first-order chi connectivity index (χ1) is 11.9. The number of rotatable bonds is 4. The van der Waals surface area contributed by atoms with E-state index in [1.165, 1.54) is 0 Å². The highest BCUT2D eigenvalue weighted by Gasteiger charge is 2.31. The first kappa shape index (κ1) is 17.9. The van der Waals surface area contributed by atoms with Gasteiger partial charge < -0.3 is 4.90 Å². The molecule has 2 aromatic rings. The summed E-state index contributed by atoms with van der Waals surface area (Å²) in [4.78, 5) is 32.1. The largest absolute Gasteiger partial charge is 0.333 e. The Labute approximate surface area is 152 Å². The van der Waals surface area contributed by atoms with Crippen molar-refractivity contribution in [3.8, 4) is 0 Å². The van der Waals surface area contributed by atoms with E-state index < -0.39 is 0 Å². The number of carbonyl (C=O) groups is 1. The van der Waals surface area contributed by atoms with Gasteiger partial charge in [-0.25, -0.2) is 4.98 Å². The van der Waals surface area contributed by atoms with E-state index in [0.29, 0.717) is 28.3 Å². The summed E-state index contributed by atoms with van der Waals surface area (Å²) in [7, 11) is 1.71. The monoisotopic (exact) mass is 361 g/mol. The first-order valence-electron chi connectivity index (χ1n) is 8.90. The van der Waals surface area contributed by atoms with Gasteiger partial charge in [-0.3, -0.25) is 14.2 Å². The van der Waals surface area contributed by atoms with Crippen LogP contribution >= 0.6 is 11.6 Å². The summed E-state index contributed by atoms with van der Waals surface area (Å²) in [6.45, 7) is 4.51. The molecule has 0 aliphatic heterocycles. The van der Waals surface area contributed by atoms with E-state index >= 15 is 0 Å². The lowest BCUT2D eigenvalue weighted by Crippen LogP contribution is -2.39. The Kier molecular flexibility index (Phi) is 5.13. The van der Waals surface area contributed by atoms with Gasteiger partial charge in [0.1, 0.15) is 5.82 Å². The lowest BCUT2D eigenvalue weighted by molar-refractivity contribution is -0.137. The molecule has 0 N–H and O–H groups in total. The van der Waals surface area contributed by atoms with Crippen LogP contribution in [0.15, 0.2) is 23.0 Å².